The van der Waals surface area contributed by atoms with Crippen LogP contribution in [0.25, 0.3) is 0 Å². The molecule has 1 aliphatic heterocycles. The van der Waals surface area contributed by atoms with E-state index in [4.69, 9.17) is 23.2 Å². The Kier molecular flexibility index (Phi) is 4.41. The zero-order valence-electron chi connectivity index (χ0n) is 10.2. The van der Waals surface area contributed by atoms with E-state index < -0.39 is 0 Å². The van der Waals surface area contributed by atoms with E-state index >= 15 is 0 Å². The molecule has 2 unspecified atom stereocenters. The highest BCUT2D eigenvalue weighted by atomic mass is 35.5. The Morgan fingerprint density at radius 3 is 2.61 bits per heavy atom. The molecular formula is C12H14Cl2N2OS. The maximum atomic E-state index is 12.4. The van der Waals surface area contributed by atoms with Crippen molar-refractivity contribution in [2.45, 2.75) is 25.1 Å². The summed E-state index contributed by atoms with van der Waals surface area (Å²) in [4.78, 5) is 18.2. The third-order valence-corrected chi connectivity index (χ3v) is 4.88. The van der Waals surface area contributed by atoms with E-state index in [2.05, 4.69) is 18.8 Å². The largest absolute Gasteiger partial charge is 0.334 e. The normalized spacial score (nSPS) is 24.1. The van der Waals surface area contributed by atoms with Crippen molar-refractivity contribution in [1.29, 1.82) is 0 Å². The zero-order valence-corrected chi connectivity index (χ0v) is 12.5. The molecule has 1 aromatic heterocycles. The Balaban J connectivity index is 2.24. The van der Waals surface area contributed by atoms with Crippen LogP contribution in [0, 0.1) is 0 Å². The molecule has 0 aromatic carbocycles. The molecule has 0 saturated carbocycles. The van der Waals surface area contributed by atoms with Crippen LogP contribution in [0.15, 0.2) is 12.1 Å². The van der Waals surface area contributed by atoms with Crippen LogP contribution in [-0.4, -0.2) is 39.4 Å². The number of hydrogen-bond acceptors (Lipinski definition) is 3. The third-order valence-electron chi connectivity index (χ3n) is 3.15. The quantitative estimate of drug-likeness (QED) is 0.746. The molecule has 0 N–H and O–H groups in total. The van der Waals surface area contributed by atoms with Crippen LogP contribution in [-0.2, 0) is 0 Å². The van der Waals surface area contributed by atoms with E-state index in [-0.39, 0.29) is 22.3 Å². The molecule has 1 aliphatic rings. The van der Waals surface area contributed by atoms with Gasteiger partial charge in [0.25, 0.3) is 5.91 Å². The van der Waals surface area contributed by atoms with Crippen molar-refractivity contribution in [2.24, 2.45) is 0 Å². The minimum atomic E-state index is -0.0270. The maximum Gasteiger partial charge on any atom is 0.254 e. The van der Waals surface area contributed by atoms with Crippen LogP contribution in [0.4, 0.5) is 0 Å². The summed E-state index contributed by atoms with van der Waals surface area (Å²) in [5, 5.41) is 0.936. The summed E-state index contributed by atoms with van der Waals surface area (Å²) in [6.07, 6.45) is 0. The molecule has 1 amide bonds. The summed E-state index contributed by atoms with van der Waals surface area (Å²) in [6, 6.07) is 3.34. The molecule has 18 heavy (non-hydrogen) atoms. The molecule has 1 saturated heterocycles. The number of halogens is 2. The lowest BCUT2D eigenvalue weighted by Crippen LogP contribution is -2.47. The van der Waals surface area contributed by atoms with Gasteiger partial charge in [-0.05, 0) is 19.1 Å². The first kappa shape index (κ1) is 14.0. The second-order valence-corrected chi connectivity index (χ2v) is 6.58. The molecule has 3 nitrogen and oxygen atoms in total. The molecule has 6 heteroatoms. The summed E-state index contributed by atoms with van der Waals surface area (Å²) in [5.74, 6) is 0.935. The van der Waals surface area contributed by atoms with E-state index in [9.17, 15) is 4.79 Å². The Hall–Kier alpha value is -0.450. The smallest absolute Gasteiger partial charge is 0.254 e. The lowest BCUT2D eigenvalue weighted by molar-refractivity contribution is 0.0698. The zero-order chi connectivity index (χ0) is 13.3. The van der Waals surface area contributed by atoms with Gasteiger partial charge in [-0.3, -0.25) is 4.79 Å². The second kappa shape index (κ2) is 5.68. The summed E-state index contributed by atoms with van der Waals surface area (Å²) < 4.78 is 0. The Bertz CT molecular complexity index is 449. The van der Waals surface area contributed by atoms with Gasteiger partial charge in [0.2, 0.25) is 0 Å². The molecule has 2 heterocycles. The number of carbonyl (C=O) groups excluding carboxylic acids is 1. The van der Waals surface area contributed by atoms with Gasteiger partial charge in [0, 0.05) is 29.2 Å². The van der Waals surface area contributed by atoms with Gasteiger partial charge in [-0.25, -0.2) is 4.98 Å². The average Bonchev–Trinajstić information content (AvgIpc) is 2.30. The van der Waals surface area contributed by atoms with Crippen LogP contribution in [0.1, 0.15) is 24.2 Å². The van der Waals surface area contributed by atoms with E-state index in [0.717, 1.165) is 12.3 Å². The summed E-state index contributed by atoms with van der Waals surface area (Å²) in [6.45, 7) is 4.97. The van der Waals surface area contributed by atoms with Gasteiger partial charge in [-0.1, -0.05) is 30.1 Å². The molecule has 0 aliphatic carbocycles. The number of aromatic nitrogens is 1. The third kappa shape index (κ3) is 2.92. The van der Waals surface area contributed by atoms with Crippen LogP contribution < -0.4 is 0 Å². The number of rotatable bonds is 1. The van der Waals surface area contributed by atoms with Gasteiger partial charge in [0.05, 0.1) is 0 Å². The van der Waals surface area contributed by atoms with Gasteiger partial charge in [0.1, 0.15) is 10.3 Å². The summed E-state index contributed by atoms with van der Waals surface area (Å²) in [7, 11) is 0. The van der Waals surface area contributed by atoms with Crippen molar-refractivity contribution in [3.05, 3.63) is 28.0 Å². The molecule has 0 bridgehead atoms. The molecule has 2 atom stereocenters. The molecule has 0 radical (unpaired) electrons. The maximum absolute atomic E-state index is 12.4. The first-order valence-corrected chi connectivity index (χ1v) is 7.55. The SMILES string of the molecule is CC1SCCN(C(=O)c2cc(Cl)nc(Cl)c2)C1C. The second-order valence-electron chi connectivity index (χ2n) is 4.32. The highest BCUT2D eigenvalue weighted by molar-refractivity contribution is 8.00. The molecule has 1 aromatic rings. The van der Waals surface area contributed by atoms with Gasteiger partial charge >= 0.3 is 0 Å². The lowest BCUT2D eigenvalue weighted by atomic mass is 10.1. The van der Waals surface area contributed by atoms with Crippen molar-refractivity contribution in [3.8, 4) is 0 Å². The van der Waals surface area contributed by atoms with Gasteiger partial charge in [0.15, 0.2) is 0 Å². The van der Waals surface area contributed by atoms with Crippen molar-refractivity contribution in [1.82, 2.24) is 9.88 Å². The number of thioether (sulfide) groups is 1. The van der Waals surface area contributed by atoms with Crippen LogP contribution in [0.5, 0.6) is 0 Å². The first-order valence-electron chi connectivity index (χ1n) is 5.74. The van der Waals surface area contributed by atoms with Crippen LogP contribution in [0.2, 0.25) is 10.3 Å². The summed E-state index contributed by atoms with van der Waals surface area (Å²) in [5.41, 5.74) is 0.506. The minimum Gasteiger partial charge on any atom is -0.334 e. The summed E-state index contributed by atoms with van der Waals surface area (Å²) >= 11 is 13.5. The van der Waals surface area contributed by atoms with E-state index in [1.165, 1.54) is 0 Å². The van der Waals surface area contributed by atoms with Crippen LogP contribution >= 0.6 is 35.0 Å². The first-order chi connectivity index (χ1) is 8.49. The Morgan fingerprint density at radius 1 is 1.39 bits per heavy atom. The van der Waals surface area contributed by atoms with E-state index in [1.54, 1.807) is 12.1 Å². The number of nitrogens with zero attached hydrogens (tertiary/aromatic N) is 2. The van der Waals surface area contributed by atoms with Crippen molar-refractivity contribution >= 4 is 40.9 Å². The molecule has 1 fully saturated rings. The van der Waals surface area contributed by atoms with Gasteiger partial charge < -0.3 is 4.90 Å². The topological polar surface area (TPSA) is 33.2 Å². The Labute approximate surface area is 121 Å². The fourth-order valence-corrected chi connectivity index (χ4v) is 3.53. The predicted molar refractivity (Wildman–Crippen MR) is 76.7 cm³/mol. The van der Waals surface area contributed by atoms with Crippen molar-refractivity contribution in [3.63, 3.8) is 0 Å². The number of pyridine rings is 1. The molecule has 0 spiro atoms. The average molecular weight is 305 g/mol. The van der Waals surface area contributed by atoms with Crippen molar-refractivity contribution in [2.75, 3.05) is 12.3 Å². The van der Waals surface area contributed by atoms with Crippen molar-refractivity contribution < 1.29 is 4.79 Å². The fraction of sp³-hybridized carbons (Fsp3) is 0.500. The van der Waals surface area contributed by atoms with Crippen LogP contribution in [0.3, 0.4) is 0 Å². The fourth-order valence-electron chi connectivity index (χ4n) is 1.97. The van der Waals surface area contributed by atoms with Gasteiger partial charge in [-0.2, -0.15) is 11.8 Å². The highest BCUT2D eigenvalue weighted by Crippen LogP contribution is 2.26. The number of carbonyl (C=O) groups is 1. The molecular weight excluding hydrogens is 291 g/mol. The van der Waals surface area contributed by atoms with Gasteiger partial charge in [-0.15, -0.1) is 0 Å². The number of hydrogen-bond donors (Lipinski definition) is 0. The standard InChI is InChI=1S/C12H14Cl2N2OS/c1-7-8(2)18-4-3-16(7)12(17)9-5-10(13)15-11(14)6-9/h5-8H,3-4H2,1-2H3. The minimum absolute atomic E-state index is 0.0270. The monoisotopic (exact) mass is 304 g/mol. The van der Waals surface area contributed by atoms with E-state index in [1.807, 2.05) is 16.7 Å². The number of amides is 1. The molecule has 2 rings (SSSR count). The highest BCUT2D eigenvalue weighted by Gasteiger charge is 2.29. The Morgan fingerprint density at radius 2 is 2.00 bits per heavy atom. The predicted octanol–water partition coefficient (Wildman–Crippen LogP) is 3.35. The molecule has 98 valence electrons. The lowest BCUT2D eigenvalue weighted by Gasteiger charge is -2.37. The van der Waals surface area contributed by atoms with E-state index in [0.29, 0.717) is 10.8 Å².